The first-order valence-electron chi connectivity index (χ1n) is 22.2. The van der Waals surface area contributed by atoms with Crippen molar-refractivity contribution in [3.8, 4) is 51.0 Å². The lowest BCUT2D eigenvalue weighted by Gasteiger charge is -2.26. The summed E-state index contributed by atoms with van der Waals surface area (Å²) in [6.45, 7) is 0. The molecule has 4 nitrogen and oxygen atoms in total. The molecule has 0 saturated heterocycles. The SMILES string of the molecule is C1=C(c2ccc3ccccc3c2)C=C(c2ccc3cc(-c4nc(-c5ccc(-c6cccc7ccccc67)cc5)nc(-c5ccc6ccccc6c5)n4)ccc3c2)C2c3ccccc3OC12. The fourth-order valence-electron chi connectivity index (χ4n) is 9.94. The molecule has 2 aliphatic rings. The highest BCUT2D eigenvalue weighted by atomic mass is 16.5. The molecule has 0 spiro atoms. The van der Waals surface area contributed by atoms with Gasteiger partial charge in [-0.2, -0.15) is 0 Å². The number of fused-ring (bicyclic) bond motifs is 7. The van der Waals surface area contributed by atoms with Crippen LogP contribution < -0.4 is 4.74 Å². The Labute approximate surface area is 376 Å². The number of nitrogens with zero attached hydrogens (tertiary/aromatic N) is 3. The summed E-state index contributed by atoms with van der Waals surface area (Å²) in [6.07, 6.45) is 4.58. The molecule has 0 fully saturated rings. The number of para-hydroxylation sites is 1. The molecule has 2 atom stereocenters. The molecule has 1 aromatic heterocycles. The molecule has 1 aliphatic heterocycles. The average molecular weight is 830 g/mol. The maximum atomic E-state index is 6.66. The van der Waals surface area contributed by atoms with Crippen LogP contribution in [0.15, 0.2) is 224 Å². The minimum Gasteiger partial charge on any atom is -0.485 e. The van der Waals surface area contributed by atoms with Crippen molar-refractivity contribution in [2.45, 2.75) is 12.0 Å². The first-order valence-corrected chi connectivity index (χ1v) is 22.2. The molecule has 0 radical (unpaired) electrons. The van der Waals surface area contributed by atoms with E-state index in [2.05, 4.69) is 224 Å². The largest absolute Gasteiger partial charge is 0.485 e. The zero-order valence-electron chi connectivity index (χ0n) is 35.3. The second-order valence-corrected chi connectivity index (χ2v) is 17.1. The summed E-state index contributed by atoms with van der Waals surface area (Å²) in [5, 5.41) is 9.48. The minimum atomic E-state index is -0.101. The first-order chi connectivity index (χ1) is 32.1. The van der Waals surface area contributed by atoms with E-state index in [1.165, 1.54) is 60.3 Å². The molecule has 1 aliphatic carbocycles. The van der Waals surface area contributed by atoms with Crippen LogP contribution in [0.4, 0.5) is 0 Å². The van der Waals surface area contributed by atoms with Crippen molar-refractivity contribution in [3.63, 3.8) is 0 Å². The van der Waals surface area contributed by atoms with Gasteiger partial charge in [-0.1, -0.05) is 182 Å². The Morgan fingerprint density at radius 1 is 0.354 bits per heavy atom. The van der Waals surface area contributed by atoms with Crippen LogP contribution in [0, 0.1) is 0 Å². The third kappa shape index (κ3) is 6.58. The zero-order chi connectivity index (χ0) is 42.8. The minimum absolute atomic E-state index is 0.0883. The topological polar surface area (TPSA) is 47.9 Å². The van der Waals surface area contributed by atoms with Crippen molar-refractivity contribution in [1.82, 2.24) is 15.0 Å². The van der Waals surface area contributed by atoms with Gasteiger partial charge in [-0.05, 0) is 119 Å². The number of rotatable bonds is 6. The Balaban J connectivity index is 0.897. The molecule has 0 saturated carbocycles. The fraction of sp³-hybridized carbons (Fsp3) is 0.0328. The lowest BCUT2D eigenvalue weighted by molar-refractivity contribution is 0.272. The monoisotopic (exact) mass is 829 g/mol. The van der Waals surface area contributed by atoms with Gasteiger partial charge in [0.05, 0.1) is 5.92 Å². The van der Waals surface area contributed by atoms with Crippen LogP contribution in [0.1, 0.15) is 22.6 Å². The van der Waals surface area contributed by atoms with Gasteiger partial charge in [-0.3, -0.25) is 0 Å². The Morgan fingerprint density at radius 3 is 1.54 bits per heavy atom. The average Bonchev–Trinajstić information content (AvgIpc) is 3.76. The molecule has 0 bridgehead atoms. The summed E-state index contributed by atoms with van der Waals surface area (Å²) in [5.41, 5.74) is 11.2. The predicted molar refractivity (Wildman–Crippen MR) is 268 cm³/mol. The highest BCUT2D eigenvalue weighted by Crippen LogP contribution is 2.50. The molecular weight excluding hydrogens is 791 g/mol. The highest BCUT2D eigenvalue weighted by molar-refractivity contribution is 5.98. The van der Waals surface area contributed by atoms with E-state index in [4.69, 9.17) is 19.7 Å². The number of benzene rings is 10. The van der Waals surface area contributed by atoms with Gasteiger partial charge >= 0.3 is 0 Å². The standard InChI is InChI=1S/C61H39N3O/c1-3-13-43-32-47(26-20-38(43)10-1)51-36-55(58-54-17-7-8-19-56(54)65-57(58)37-51)48-29-27-46-35-50(31-28-45(46)33-48)61-63-59(62-60(64-61)49-30-21-39-11-2-4-14-44(39)34-49)42-24-22-41(23-25-42)53-18-9-15-40-12-5-6-16-52(40)53/h1-37,57-58H. The van der Waals surface area contributed by atoms with E-state index in [0.29, 0.717) is 17.5 Å². The Morgan fingerprint density at radius 2 is 0.831 bits per heavy atom. The summed E-state index contributed by atoms with van der Waals surface area (Å²) in [6, 6.07) is 75.5. The van der Waals surface area contributed by atoms with E-state index in [9.17, 15) is 0 Å². The van der Waals surface area contributed by atoms with E-state index in [-0.39, 0.29) is 12.0 Å². The van der Waals surface area contributed by atoms with Crippen LogP contribution in [-0.4, -0.2) is 21.1 Å². The van der Waals surface area contributed by atoms with Crippen LogP contribution in [0.25, 0.3) is 99.5 Å². The number of aromatic nitrogens is 3. The van der Waals surface area contributed by atoms with E-state index in [1.54, 1.807) is 0 Å². The second-order valence-electron chi connectivity index (χ2n) is 17.1. The smallest absolute Gasteiger partial charge is 0.164 e. The molecule has 2 unspecified atom stereocenters. The molecule has 2 heterocycles. The van der Waals surface area contributed by atoms with E-state index in [0.717, 1.165) is 44.2 Å². The van der Waals surface area contributed by atoms with Crippen LogP contribution in [0.5, 0.6) is 5.75 Å². The van der Waals surface area contributed by atoms with E-state index < -0.39 is 0 Å². The van der Waals surface area contributed by atoms with Crippen molar-refractivity contribution in [2.75, 3.05) is 0 Å². The van der Waals surface area contributed by atoms with Crippen molar-refractivity contribution in [3.05, 3.63) is 241 Å². The van der Waals surface area contributed by atoms with Crippen molar-refractivity contribution >= 4 is 54.2 Å². The Bertz CT molecular complexity index is 3770. The normalized spacial score (nSPS) is 15.4. The molecule has 10 aromatic carbocycles. The van der Waals surface area contributed by atoms with Gasteiger partial charge in [0, 0.05) is 22.3 Å². The Hall–Kier alpha value is -8.47. The van der Waals surface area contributed by atoms with Gasteiger partial charge in [-0.15, -0.1) is 0 Å². The second kappa shape index (κ2) is 15.1. The summed E-state index contributed by atoms with van der Waals surface area (Å²) >= 11 is 0. The molecule has 11 aromatic rings. The molecule has 65 heavy (non-hydrogen) atoms. The van der Waals surface area contributed by atoms with Crippen molar-refractivity contribution in [2.24, 2.45) is 0 Å². The number of ether oxygens (including phenoxy) is 1. The van der Waals surface area contributed by atoms with Crippen LogP contribution in [0.2, 0.25) is 0 Å². The van der Waals surface area contributed by atoms with Crippen molar-refractivity contribution < 1.29 is 4.74 Å². The first kappa shape index (κ1) is 37.1. The number of allylic oxidation sites excluding steroid dienone is 2. The van der Waals surface area contributed by atoms with Gasteiger partial charge in [0.1, 0.15) is 11.9 Å². The summed E-state index contributed by atoms with van der Waals surface area (Å²) in [5.74, 6) is 2.94. The lowest BCUT2D eigenvalue weighted by Crippen LogP contribution is -2.20. The van der Waals surface area contributed by atoms with Crippen molar-refractivity contribution in [1.29, 1.82) is 0 Å². The van der Waals surface area contributed by atoms with Gasteiger partial charge < -0.3 is 4.74 Å². The van der Waals surface area contributed by atoms with Crippen LogP contribution in [0.3, 0.4) is 0 Å². The molecule has 0 amide bonds. The van der Waals surface area contributed by atoms with Crippen LogP contribution >= 0.6 is 0 Å². The third-order valence-corrected chi connectivity index (χ3v) is 13.2. The quantitative estimate of drug-likeness (QED) is 0.167. The lowest BCUT2D eigenvalue weighted by atomic mass is 9.78. The zero-order valence-corrected chi connectivity index (χ0v) is 35.3. The summed E-state index contributed by atoms with van der Waals surface area (Å²) < 4.78 is 6.66. The van der Waals surface area contributed by atoms with Gasteiger partial charge in [0.25, 0.3) is 0 Å². The molecule has 0 N–H and O–H groups in total. The molecule has 13 rings (SSSR count). The third-order valence-electron chi connectivity index (χ3n) is 13.2. The maximum absolute atomic E-state index is 6.66. The molecule has 4 heteroatoms. The number of hydrogen-bond donors (Lipinski definition) is 0. The van der Waals surface area contributed by atoms with Gasteiger partial charge in [-0.25, -0.2) is 15.0 Å². The van der Waals surface area contributed by atoms with Gasteiger partial charge in [0.15, 0.2) is 17.5 Å². The maximum Gasteiger partial charge on any atom is 0.164 e. The van der Waals surface area contributed by atoms with Crippen LogP contribution in [-0.2, 0) is 0 Å². The van der Waals surface area contributed by atoms with Gasteiger partial charge in [0.2, 0.25) is 0 Å². The summed E-state index contributed by atoms with van der Waals surface area (Å²) in [4.78, 5) is 15.5. The fourth-order valence-corrected chi connectivity index (χ4v) is 9.94. The Kier molecular flexibility index (Phi) is 8.63. The predicted octanol–water partition coefficient (Wildman–Crippen LogP) is 15.2. The van der Waals surface area contributed by atoms with E-state index in [1.807, 2.05) is 0 Å². The van der Waals surface area contributed by atoms with E-state index >= 15 is 0 Å². The molecule has 304 valence electrons. The summed E-state index contributed by atoms with van der Waals surface area (Å²) in [7, 11) is 0. The molecular formula is C61H39N3O. The highest BCUT2D eigenvalue weighted by Gasteiger charge is 2.38. The number of hydrogen-bond acceptors (Lipinski definition) is 4.